The lowest BCUT2D eigenvalue weighted by Crippen LogP contribution is -2.20. The molecule has 8 nitrogen and oxygen atoms in total. The first-order valence-electron chi connectivity index (χ1n) is 9.74. The van der Waals surface area contributed by atoms with Crippen LogP contribution in [-0.2, 0) is 14.9 Å². The molecule has 0 radical (unpaired) electrons. The Morgan fingerprint density at radius 3 is 2.16 bits per heavy atom. The zero-order valence-corrected chi connectivity index (χ0v) is 18.3. The van der Waals surface area contributed by atoms with Crippen LogP contribution in [0.3, 0.4) is 0 Å². The summed E-state index contributed by atoms with van der Waals surface area (Å²) in [5, 5.41) is 5.26. The zero-order valence-electron chi connectivity index (χ0n) is 17.5. The highest BCUT2D eigenvalue weighted by atomic mass is 32.2. The molecule has 0 aliphatic heterocycles. The van der Waals surface area contributed by atoms with E-state index in [9.17, 15) is 18.0 Å². The third-order valence-corrected chi connectivity index (χ3v) is 5.52. The molecule has 0 heterocycles. The lowest BCUT2D eigenvalue weighted by atomic mass is 10.2. The average molecular weight is 455 g/mol. The van der Waals surface area contributed by atoms with E-state index in [-0.39, 0.29) is 28.5 Å². The molecule has 0 unspecified atom stereocenters. The van der Waals surface area contributed by atoms with Crippen LogP contribution in [0.1, 0.15) is 22.8 Å². The van der Waals surface area contributed by atoms with Gasteiger partial charge >= 0.3 is 22.1 Å². The van der Waals surface area contributed by atoms with E-state index in [1.807, 2.05) is 19.1 Å². The SMILES string of the molecule is CCOC(=O)c1ccc(NC(=O)Nc2ccc(C)cc2)cc1OS(=O)(=O)c1ccccc1. The van der Waals surface area contributed by atoms with Gasteiger partial charge in [0.05, 0.1) is 6.61 Å². The number of nitrogens with one attached hydrogen (secondary N) is 2. The van der Waals surface area contributed by atoms with Crippen molar-refractivity contribution in [2.75, 3.05) is 17.2 Å². The molecule has 0 aliphatic rings. The molecule has 32 heavy (non-hydrogen) atoms. The second-order valence-corrected chi connectivity index (χ2v) is 8.27. The topological polar surface area (TPSA) is 111 Å². The maximum Gasteiger partial charge on any atom is 0.341 e. The number of hydrogen-bond donors (Lipinski definition) is 2. The summed E-state index contributed by atoms with van der Waals surface area (Å²) in [5.74, 6) is -1.01. The Kier molecular flexibility index (Phi) is 7.11. The van der Waals surface area contributed by atoms with Crippen molar-refractivity contribution in [2.24, 2.45) is 0 Å². The van der Waals surface area contributed by atoms with Crippen molar-refractivity contribution < 1.29 is 26.9 Å². The summed E-state index contributed by atoms with van der Waals surface area (Å²) in [4.78, 5) is 24.5. The molecule has 3 aromatic rings. The summed E-state index contributed by atoms with van der Waals surface area (Å²) in [6.07, 6.45) is 0. The summed E-state index contributed by atoms with van der Waals surface area (Å²) in [7, 11) is -4.22. The van der Waals surface area contributed by atoms with E-state index in [0.717, 1.165) is 5.56 Å². The maximum atomic E-state index is 12.7. The lowest BCUT2D eigenvalue weighted by molar-refractivity contribution is 0.0524. The lowest BCUT2D eigenvalue weighted by Gasteiger charge is -2.13. The third kappa shape index (κ3) is 5.86. The summed E-state index contributed by atoms with van der Waals surface area (Å²) < 4.78 is 35.5. The van der Waals surface area contributed by atoms with Crippen molar-refractivity contribution in [3.8, 4) is 5.75 Å². The molecule has 0 saturated heterocycles. The van der Waals surface area contributed by atoms with Crippen molar-refractivity contribution in [1.29, 1.82) is 0 Å². The summed E-state index contributed by atoms with van der Waals surface area (Å²) in [6, 6.07) is 18.2. The second-order valence-electron chi connectivity index (χ2n) is 6.73. The fourth-order valence-corrected chi connectivity index (χ4v) is 3.69. The van der Waals surface area contributed by atoms with Gasteiger partial charge in [-0.15, -0.1) is 0 Å². The minimum absolute atomic E-state index is 0.0784. The molecular formula is C23H22N2O6S. The highest BCUT2D eigenvalue weighted by Crippen LogP contribution is 2.28. The van der Waals surface area contributed by atoms with Gasteiger partial charge in [0.1, 0.15) is 10.5 Å². The number of hydrogen-bond acceptors (Lipinski definition) is 6. The van der Waals surface area contributed by atoms with E-state index in [0.29, 0.717) is 5.69 Å². The van der Waals surface area contributed by atoms with Crippen LogP contribution in [-0.4, -0.2) is 27.0 Å². The molecular weight excluding hydrogens is 432 g/mol. The minimum Gasteiger partial charge on any atom is -0.462 e. The fourth-order valence-electron chi connectivity index (χ4n) is 2.73. The van der Waals surface area contributed by atoms with Gasteiger partial charge in [-0.05, 0) is 50.2 Å². The number of esters is 1. The third-order valence-electron chi connectivity index (χ3n) is 4.28. The van der Waals surface area contributed by atoms with Crippen LogP contribution in [0.2, 0.25) is 0 Å². The smallest absolute Gasteiger partial charge is 0.341 e. The Morgan fingerprint density at radius 2 is 1.50 bits per heavy atom. The Balaban J connectivity index is 1.86. The predicted molar refractivity (Wildman–Crippen MR) is 120 cm³/mol. The van der Waals surface area contributed by atoms with Gasteiger partial charge in [-0.1, -0.05) is 35.9 Å². The number of urea groups is 1. The van der Waals surface area contributed by atoms with Crippen molar-refractivity contribution >= 4 is 33.5 Å². The molecule has 3 rings (SSSR count). The fraction of sp³-hybridized carbons (Fsp3) is 0.130. The normalized spacial score (nSPS) is 10.8. The monoisotopic (exact) mass is 454 g/mol. The van der Waals surface area contributed by atoms with Gasteiger partial charge in [0.2, 0.25) is 0 Å². The number of ether oxygens (including phenoxy) is 1. The highest BCUT2D eigenvalue weighted by molar-refractivity contribution is 7.87. The number of carbonyl (C=O) groups excluding carboxylic acids is 2. The molecule has 2 amide bonds. The molecule has 9 heteroatoms. The summed E-state index contributed by atoms with van der Waals surface area (Å²) >= 11 is 0. The van der Waals surface area contributed by atoms with Crippen LogP contribution in [0.15, 0.2) is 77.7 Å². The maximum absolute atomic E-state index is 12.7. The van der Waals surface area contributed by atoms with E-state index >= 15 is 0 Å². The molecule has 0 bridgehead atoms. The summed E-state index contributed by atoms with van der Waals surface area (Å²) in [5.41, 5.74) is 1.77. The molecule has 2 N–H and O–H groups in total. The predicted octanol–water partition coefficient (Wildman–Crippen LogP) is 4.58. The van der Waals surface area contributed by atoms with Crippen molar-refractivity contribution in [1.82, 2.24) is 0 Å². The molecule has 0 aliphatic carbocycles. The van der Waals surface area contributed by atoms with Crippen LogP contribution in [0, 0.1) is 6.92 Å². The molecule has 0 atom stereocenters. The number of benzene rings is 3. The van der Waals surface area contributed by atoms with Gasteiger partial charge in [0.25, 0.3) is 0 Å². The van der Waals surface area contributed by atoms with Crippen molar-refractivity contribution in [3.63, 3.8) is 0 Å². The number of anilines is 2. The van der Waals surface area contributed by atoms with E-state index in [2.05, 4.69) is 10.6 Å². The first-order valence-corrected chi connectivity index (χ1v) is 11.1. The molecule has 166 valence electrons. The molecule has 0 fully saturated rings. The highest BCUT2D eigenvalue weighted by Gasteiger charge is 2.22. The van der Waals surface area contributed by atoms with Gasteiger partial charge in [-0.25, -0.2) is 9.59 Å². The van der Waals surface area contributed by atoms with Gasteiger partial charge in [0.15, 0.2) is 5.75 Å². The van der Waals surface area contributed by atoms with Gasteiger partial charge in [0, 0.05) is 17.4 Å². The largest absolute Gasteiger partial charge is 0.462 e. The van der Waals surface area contributed by atoms with Crippen molar-refractivity contribution in [2.45, 2.75) is 18.7 Å². The molecule has 3 aromatic carbocycles. The second kappa shape index (κ2) is 9.97. The van der Waals surface area contributed by atoms with E-state index in [4.69, 9.17) is 8.92 Å². The molecule has 0 saturated carbocycles. The first kappa shape index (κ1) is 22.8. The quantitative estimate of drug-likeness (QED) is 0.399. The van der Waals surface area contributed by atoms with Gasteiger partial charge in [-0.2, -0.15) is 8.42 Å². The Morgan fingerprint density at radius 1 is 0.875 bits per heavy atom. The van der Waals surface area contributed by atoms with Crippen molar-refractivity contribution in [3.05, 3.63) is 83.9 Å². The standard InChI is InChI=1S/C23H22N2O6S/c1-3-30-22(26)20-14-13-18(25-23(27)24-17-11-9-16(2)10-12-17)15-21(20)31-32(28,29)19-7-5-4-6-8-19/h4-15H,3H2,1-2H3,(H2,24,25,27). The Labute approximate surface area is 186 Å². The molecule has 0 spiro atoms. The van der Waals surface area contributed by atoms with E-state index < -0.39 is 22.1 Å². The summed E-state index contributed by atoms with van der Waals surface area (Å²) in [6.45, 7) is 3.66. The van der Waals surface area contributed by atoms with E-state index in [1.54, 1.807) is 37.3 Å². The number of carbonyl (C=O) groups is 2. The van der Waals surface area contributed by atoms with Crippen LogP contribution < -0.4 is 14.8 Å². The molecule has 0 aromatic heterocycles. The van der Waals surface area contributed by atoms with Gasteiger partial charge < -0.3 is 19.6 Å². The first-order chi connectivity index (χ1) is 15.3. The van der Waals surface area contributed by atoms with Crippen LogP contribution in [0.4, 0.5) is 16.2 Å². The number of rotatable bonds is 7. The minimum atomic E-state index is -4.22. The van der Waals surface area contributed by atoms with Crippen LogP contribution >= 0.6 is 0 Å². The Hall–Kier alpha value is -3.85. The van der Waals surface area contributed by atoms with Crippen LogP contribution in [0.25, 0.3) is 0 Å². The number of amides is 2. The zero-order chi connectivity index (χ0) is 23.1. The number of aryl methyl sites for hydroxylation is 1. The van der Waals surface area contributed by atoms with E-state index in [1.165, 1.54) is 30.3 Å². The van der Waals surface area contributed by atoms with Crippen LogP contribution in [0.5, 0.6) is 5.75 Å². The average Bonchev–Trinajstić information content (AvgIpc) is 2.76. The van der Waals surface area contributed by atoms with Gasteiger partial charge in [-0.3, -0.25) is 0 Å². The Bertz CT molecular complexity index is 1210.